The molecule has 0 spiro atoms. The fraction of sp³-hybridized carbons (Fsp3) is 0.167. The summed E-state index contributed by atoms with van der Waals surface area (Å²) in [6, 6.07) is 8.91. The van der Waals surface area contributed by atoms with E-state index in [1.165, 1.54) is 23.0 Å². The Labute approximate surface area is 153 Å². The number of carbonyl (C=O) groups excluding carboxylic acids is 2. The second-order valence-corrected chi connectivity index (χ2v) is 6.09. The van der Waals surface area contributed by atoms with Crippen LogP contribution in [0.25, 0.3) is 10.8 Å². The summed E-state index contributed by atoms with van der Waals surface area (Å²) in [6.45, 7) is 3.56. The van der Waals surface area contributed by atoms with Gasteiger partial charge in [0.25, 0.3) is 17.4 Å². The Balaban J connectivity index is 1.90. The van der Waals surface area contributed by atoms with E-state index in [2.05, 4.69) is 20.9 Å². The molecule has 0 atom stereocenters. The van der Waals surface area contributed by atoms with Gasteiger partial charge in [-0.2, -0.15) is 5.10 Å². The fourth-order valence-electron chi connectivity index (χ4n) is 2.52. The van der Waals surface area contributed by atoms with Gasteiger partial charge >= 0.3 is 0 Å². The highest BCUT2D eigenvalue weighted by molar-refractivity contribution is 6.05. The van der Waals surface area contributed by atoms with Gasteiger partial charge in [-0.15, -0.1) is 0 Å². The number of pyridine rings is 1. The standard InChI is InChI=1S/C18H17N5O4/c1-10(2)23-18(27)13-6-4-3-5-12(13)15(22-23)17(26)21-20-16(25)11-7-8-14(24)19-9-11/h3-10H,1-2H3,(H,19,24)(H,20,25)(H,21,26). The van der Waals surface area contributed by atoms with E-state index < -0.39 is 11.8 Å². The largest absolute Gasteiger partial charge is 0.328 e. The van der Waals surface area contributed by atoms with Crippen LogP contribution < -0.4 is 22.0 Å². The molecule has 138 valence electrons. The van der Waals surface area contributed by atoms with Crippen LogP contribution in [-0.2, 0) is 0 Å². The van der Waals surface area contributed by atoms with Crippen LogP contribution in [0.4, 0.5) is 0 Å². The number of carbonyl (C=O) groups is 2. The summed E-state index contributed by atoms with van der Waals surface area (Å²) in [5.41, 5.74) is 4.08. The summed E-state index contributed by atoms with van der Waals surface area (Å²) in [4.78, 5) is 50.5. The van der Waals surface area contributed by atoms with E-state index in [0.717, 1.165) is 0 Å². The summed E-state index contributed by atoms with van der Waals surface area (Å²) in [5.74, 6) is -1.28. The first-order valence-electron chi connectivity index (χ1n) is 8.19. The first-order valence-corrected chi connectivity index (χ1v) is 8.19. The Hall–Kier alpha value is -3.75. The molecule has 0 aliphatic heterocycles. The lowest BCUT2D eigenvalue weighted by atomic mass is 10.1. The van der Waals surface area contributed by atoms with Gasteiger partial charge in [0.2, 0.25) is 5.56 Å². The molecule has 3 rings (SSSR count). The molecule has 0 radical (unpaired) electrons. The molecule has 0 bridgehead atoms. The van der Waals surface area contributed by atoms with Crippen LogP contribution >= 0.6 is 0 Å². The lowest BCUT2D eigenvalue weighted by Crippen LogP contribution is -2.43. The van der Waals surface area contributed by atoms with Crippen LogP contribution in [0.5, 0.6) is 0 Å². The Morgan fingerprint density at radius 3 is 2.30 bits per heavy atom. The van der Waals surface area contributed by atoms with Crippen LogP contribution in [0.1, 0.15) is 40.7 Å². The third kappa shape index (κ3) is 3.61. The van der Waals surface area contributed by atoms with Crippen molar-refractivity contribution in [2.24, 2.45) is 0 Å². The molecule has 0 aliphatic rings. The number of fused-ring (bicyclic) bond motifs is 1. The van der Waals surface area contributed by atoms with Gasteiger partial charge in [-0.3, -0.25) is 30.0 Å². The number of hydrazine groups is 1. The number of rotatable bonds is 3. The maximum absolute atomic E-state index is 12.6. The van der Waals surface area contributed by atoms with Crippen LogP contribution in [-0.4, -0.2) is 26.6 Å². The maximum atomic E-state index is 12.6. The van der Waals surface area contributed by atoms with E-state index in [1.807, 2.05) is 0 Å². The van der Waals surface area contributed by atoms with Gasteiger partial charge in [0, 0.05) is 17.6 Å². The highest BCUT2D eigenvalue weighted by Crippen LogP contribution is 2.14. The molecule has 3 N–H and O–H groups in total. The Morgan fingerprint density at radius 2 is 1.67 bits per heavy atom. The molecule has 2 aromatic heterocycles. The van der Waals surface area contributed by atoms with Crippen molar-refractivity contribution in [2.45, 2.75) is 19.9 Å². The summed E-state index contributed by atoms with van der Waals surface area (Å²) in [7, 11) is 0. The summed E-state index contributed by atoms with van der Waals surface area (Å²) in [5, 5.41) is 4.90. The minimum absolute atomic E-state index is 0.0145. The molecular weight excluding hydrogens is 350 g/mol. The average Bonchev–Trinajstić information content (AvgIpc) is 2.66. The topological polar surface area (TPSA) is 126 Å². The molecule has 9 heteroatoms. The Bertz CT molecular complexity index is 1130. The minimum Gasteiger partial charge on any atom is -0.328 e. The summed E-state index contributed by atoms with van der Waals surface area (Å²) in [6.07, 6.45) is 1.23. The summed E-state index contributed by atoms with van der Waals surface area (Å²) < 4.78 is 1.22. The van der Waals surface area contributed by atoms with E-state index >= 15 is 0 Å². The second kappa shape index (κ2) is 7.24. The van der Waals surface area contributed by atoms with Crippen molar-refractivity contribution in [3.8, 4) is 0 Å². The fourth-order valence-corrected chi connectivity index (χ4v) is 2.52. The zero-order chi connectivity index (χ0) is 19.6. The van der Waals surface area contributed by atoms with Gasteiger partial charge in [-0.1, -0.05) is 18.2 Å². The molecule has 0 saturated heterocycles. The molecule has 2 amide bonds. The predicted molar refractivity (Wildman–Crippen MR) is 98.4 cm³/mol. The lowest BCUT2D eigenvalue weighted by Gasteiger charge is -2.13. The number of nitrogens with zero attached hydrogens (tertiary/aromatic N) is 2. The number of aromatic nitrogens is 3. The van der Waals surface area contributed by atoms with Crippen molar-refractivity contribution in [2.75, 3.05) is 0 Å². The molecule has 27 heavy (non-hydrogen) atoms. The molecule has 2 heterocycles. The number of hydrogen-bond acceptors (Lipinski definition) is 5. The van der Waals surface area contributed by atoms with Crippen molar-refractivity contribution in [3.05, 3.63) is 74.6 Å². The predicted octanol–water partition coefficient (Wildman–Crippen LogP) is 0.740. The average molecular weight is 367 g/mol. The van der Waals surface area contributed by atoms with Crippen LogP contribution in [0.3, 0.4) is 0 Å². The minimum atomic E-state index is -0.668. The first-order chi connectivity index (χ1) is 12.9. The van der Waals surface area contributed by atoms with Gasteiger partial charge in [-0.05, 0) is 26.0 Å². The van der Waals surface area contributed by atoms with Crippen molar-refractivity contribution in [3.63, 3.8) is 0 Å². The first kappa shape index (κ1) is 18.1. The Kier molecular flexibility index (Phi) is 4.84. The van der Waals surface area contributed by atoms with Gasteiger partial charge in [0.05, 0.1) is 17.0 Å². The third-order valence-corrected chi connectivity index (χ3v) is 3.87. The SMILES string of the molecule is CC(C)n1nc(C(=O)NNC(=O)c2ccc(=O)[nH]c2)c2ccccc2c1=O. The number of aromatic amines is 1. The van der Waals surface area contributed by atoms with E-state index in [4.69, 9.17) is 0 Å². The molecule has 1 aromatic carbocycles. The normalized spacial score (nSPS) is 10.8. The Morgan fingerprint density at radius 1 is 1.00 bits per heavy atom. The molecule has 0 aliphatic carbocycles. The van der Waals surface area contributed by atoms with Gasteiger partial charge in [0.1, 0.15) is 0 Å². The monoisotopic (exact) mass is 367 g/mol. The molecule has 0 saturated carbocycles. The number of benzene rings is 1. The quantitative estimate of drug-likeness (QED) is 0.589. The zero-order valence-corrected chi connectivity index (χ0v) is 14.6. The zero-order valence-electron chi connectivity index (χ0n) is 14.6. The van der Waals surface area contributed by atoms with Crippen molar-refractivity contribution in [1.29, 1.82) is 0 Å². The van der Waals surface area contributed by atoms with E-state index in [-0.39, 0.29) is 28.4 Å². The molecular formula is C18H17N5O4. The number of amides is 2. The van der Waals surface area contributed by atoms with Crippen molar-refractivity contribution in [1.82, 2.24) is 25.6 Å². The van der Waals surface area contributed by atoms with E-state index in [0.29, 0.717) is 10.8 Å². The van der Waals surface area contributed by atoms with Gasteiger partial charge in [-0.25, -0.2) is 4.68 Å². The van der Waals surface area contributed by atoms with Crippen LogP contribution in [0.2, 0.25) is 0 Å². The summed E-state index contributed by atoms with van der Waals surface area (Å²) >= 11 is 0. The van der Waals surface area contributed by atoms with Gasteiger partial charge in [0.15, 0.2) is 5.69 Å². The third-order valence-electron chi connectivity index (χ3n) is 3.87. The van der Waals surface area contributed by atoms with Crippen LogP contribution in [0.15, 0.2) is 52.2 Å². The molecule has 9 nitrogen and oxygen atoms in total. The number of H-pyrrole nitrogens is 1. The molecule has 0 unspecified atom stereocenters. The smallest absolute Gasteiger partial charge is 0.290 e. The second-order valence-electron chi connectivity index (χ2n) is 6.09. The van der Waals surface area contributed by atoms with Gasteiger partial charge < -0.3 is 4.98 Å². The lowest BCUT2D eigenvalue weighted by molar-refractivity contribution is 0.0843. The highest BCUT2D eigenvalue weighted by atomic mass is 16.2. The van der Waals surface area contributed by atoms with Crippen molar-refractivity contribution < 1.29 is 9.59 Å². The number of nitrogens with one attached hydrogen (secondary N) is 3. The maximum Gasteiger partial charge on any atom is 0.290 e. The highest BCUT2D eigenvalue weighted by Gasteiger charge is 2.18. The van der Waals surface area contributed by atoms with Crippen molar-refractivity contribution >= 4 is 22.6 Å². The number of hydrogen-bond donors (Lipinski definition) is 3. The van der Waals surface area contributed by atoms with E-state index in [9.17, 15) is 19.2 Å². The molecule has 3 aromatic rings. The molecule has 0 fully saturated rings. The van der Waals surface area contributed by atoms with Crippen LogP contribution in [0, 0.1) is 0 Å². The van der Waals surface area contributed by atoms with E-state index in [1.54, 1.807) is 38.1 Å².